The zero-order valence-electron chi connectivity index (χ0n) is 22.7. The van der Waals surface area contributed by atoms with Gasteiger partial charge in [0.05, 0.1) is 0 Å². The van der Waals surface area contributed by atoms with Crippen molar-refractivity contribution in [2.24, 2.45) is 0 Å². The van der Waals surface area contributed by atoms with Gasteiger partial charge in [0.25, 0.3) is 6.71 Å². The summed E-state index contributed by atoms with van der Waals surface area (Å²) in [5, 5.41) is 0. The van der Waals surface area contributed by atoms with Crippen LogP contribution < -0.4 is 26.2 Å². The highest BCUT2D eigenvalue weighted by molar-refractivity contribution is 7.00. The second-order valence-corrected chi connectivity index (χ2v) is 11.1. The molecule has 0 unspecified atom stereocenters. The minimum absolute atomic E-state index is 0.175. The molecule has 0 amide bonds. The average molecular weight is 490 g/mol. The van der Waals surface area contributed by atoms with Gasteiger partial charge in [-0.3, -0.25) is 0 Å². The van der Waals surface area contributed by atoms with E-state index in [0.29, 0.717) is 0 Å². The summed E-state index contributed by atoms with van der Waals surface area (Å²) in [6, 6.07) is 36.5. The molecule has 0 fully saturated rings. The van der Waals surface area contributed by atoms with Crippen molar-refractivity contribution in [2.75, 3.05) is 9.80 Å². The summed E-state index contributed by atoms with van der Waals surface area (Å²) in [6.45, 7) is 11.2. The molecule has 0 aromatic heterocycles. The molecule has 2 nitrogen and oxygen atoms in total. The first kappa shape index (κ1) is 22.9. The zero-order chi connectivity index (χ0) is 26.1. The van der Waals surface area contributed by atoms with Crippen LogP contribution in [0.5, 0.6) is 0 Å². The first-order valence-corrected chi connectivity index (χ1v) is 13.5. The van der Waals surface area contributed by atoms with Crippen molar-refractivity contribution in [2.45, 2.75) is 34.6 Å². The Labute approximate surface area is 226 Å². The molecule has 3 heteroatoms. The predicted octanol–water partition coefficient (Wildman–Crippen LogP) is 7.31. The van der Waals surface area contributed by atoms with Gasteiger partial charge in [-0.05, 0) is 127 Å². The van der Waals surface area contributed by atoms with Gasteiger partial charge < -0.3 is 9.80 Å². The molecule has 0 saturated carbocycles. The average Bonchev–Trinajstić information content (AvgIpc) is 2.88. The SMILES string of the molecule is Cc1cccc(N2c3cc(C)ccc3B3c4ccc(C)cc4N(c4cccc(C)c4)c4cc(C)cc2c43)c1. The lowest BCUT2D eigenvalue weighted by molar-refractivity contribution is 1.22. The molecule has 0 radical (unpaired) electrons. The molecule has 0 spiro atoms. The highest BCUT2D eigenvalue weighted by Crippen LogP contribution is 2.44. The van der Waals surface area contributed by atoms with Crippen LogP contribution in [0.3, 0.4) is 0 Å². The van der Waals surface area contributed by atoms with Gasteiger partial charge in [0.15, 0.2) is 0 Å². The fourth-order valence-electron chi connectivity index (χ4n) is 6.44. The third-order valence-electron chi connectivity index (χ3n) is 8.05. The summed E-state index contributed by atoms with van der Waals surface area (Å²) in [5.41, 5.74) is 18.0. The Balaban J connectivity index is 1.61. The van der Waals surface area contributed by atoms with Gasteiger partial charge in [-0.2, -0.15) is 0 Å². The Hall–Kier alpha value is -4.24. The highest BCUT2D eigenvalue weighted by atomic mass is 15.2. The van der Waals surface area contributed by atoms with Crippen LogP contribution in [0.1, 0.15) is 27.8 Å². The number of benzene rings is 5. The maximum Gasteiger partial charge on any atom is 0.252 e. The van der Waals surface area contributed by atoms with E-state index in [1.54, 1.807) is 0 Å². The molecule has 0 aliphatic carbocycles. The number of fused-ring (bicyclic) bond motifs is 4. The molecule has 5 aromatic rings. The molecule has 0 bridgehead atoms. The second kappa shape index (κ2) is 8.39. The van der Waals surface area contributed by atoms with Gasteiger partial charge in [0, 0.05) is 34.1 Å². The van der Waals surface area contributed by atoms with Gasteiger partial charge in [-0.25, -0.2) is 0 Å². The molecule has 0 atom stereocenters. The van der Waals surface area contributed by atoms with Gasteiger partial charge in [-0.1, -0.05) is 48.5 Å². The van der Waals surface area contributed by atoms with Crippen molar-refractivity contribution >= 4 is 57.2 Å². The molecule has 2 aliphatic heterocycles. The molecular formula is C35H31BN2. The Kier molecular flexibility index (Phi) is 5.06. The lowest BCUT2D eigenvalue weighted by Gasteiger charge is -2.44. The zero-order valence-corrected chi connectivity index (χ0v) is 22.7. The van der Waals surface area contributed by atoms with Gasteiger partial charge >= 0.3 is 0 Å². The number of rotatable bonds is 2. The van der Waals surface area contributed by atoms with Crippen molar-refractivity contribution in [3.8, 4) is 0 Å². The van der Waals surface area contributed by atoms with E-state index in [9.17, 15) is 0 Å². The van der Waals surface area contributed by atoms with Crippen LogP contribution in [0, 0.1) is 34.6 Å². The topological polar surface area (TPSA) is 6.48 Å². The summed E-state index contributed by atoms with van der Waals surface area (Å²) < 4.78 is 0. The minimum atomic E-state index is 0.175. The fourth-order valence-corrected chi connectivity index (χ4v) is 6.44. The standard InChI is InChI=1S/C35H31BN2/c1-22-8-6-10-27(16-22)37-31-18-24(3)12-14-29(31)36-30-15-13-25(4)19-32(30)38(28-11-7-9-23(2)17-28)34-21-26(5)20-33(37)35(34)36/h6-21H,1-5H3. The lowest BCUT2D eigenvalue weighted by atomic mass is 9.33. The number of hydrogen-bond acceptors (Lipinski definition) is 2. The van der Waals surface area contributed by atoms with E-state index in [-0.39, 0.29) is 6.71 Å². The Morgan fingerprint density at radius 1 is 0.421 bits per heavy atom. The Bertz CT molecular complexity index is 1630. The van der Waals surface area contributed by atoms with Gasteiger partial charge in [0.1, 0.15) is 0 Å². The molecular weight excluding hydrogens is 459 g/mol. The maximum atomic E-state index is 2.49. The largest absolute Gasteiger partial charge is 0.311 e. The van der Waals surface area contributed by atoms with Gasteiger partial charge in [-0.15, -0.1) is 0 Å². The number of nitrogens with zero attached hydrogens (tertiary/aromatic N) is 2. The molecule has 7 rings (SSSR count). The van der Waals surface area contributed by atoms with Crippen molar-refractivity contribution in [3.63, 3.8) is 0 Å². The van der Waals surface area contributed by atoms with Crippen molar-refractivity contribution in [1.82, 2.24) is 0 Å². The maximum absolute atomic E-state index is 2.49. The highest BCUT2D eigenvalue weighted by Gasteiger charge is 2.43. The molecule has 184 valence electrons. The first-order chi connectivity index (χ1) is 18.4. The van der Waals surface area contributed by atoms with E-state index in [1.165, 1.54) is 78.3 Å². The van der Waals surface area contributed by atoms with Crippen LogP contribution in [-0.4, -0.2) is 6.71 Å². The van der Waals surface area contributed by atoms with Crippen LogP contribution in [0.4, 0.5) is 34.1 Å². The van der Waals surface area contributed by atoms with E-state index >= 15 is 0 Å². The van der Waals surface area contributed by atoms with Gasteiger partial charge in [0.2, 0.25) is 0 Å². The van der Waals surface area contributed by atoms with Crippen LogP contribution in [0.2, 0.25) is 0 Å². The molecule has 2 heterocycles. The normalized spacial score (nSPS) is 13.2. The van der Waals surface area contributed by atoms with Crippen molar-refractivity contribution < 1.29 is 0 Å². The smallest absolute Gasteiger partial charge is 0.252 e. The van der Waals surface area contributed by atoms with E-state index in [1.807, 2.05) is 0 Å². The summed E-state index contributed by atoms with van der Waals surface area (Å²) in [7, 11) is 0. The third kappa shape index (κ3) is 3.42. The molecule has 0 N–H and O–H groups in total. The monoisotopic (exact) mass is 490 g/mol. The number of anilines is 6. The summed E-state index contributed by atoms with van der Waals surface area (Å²) >= 11 is 0. The van der Waals surface area contributed by atoms with Crippen LogP contribution in [0.15, 0.2) is 97.1 Å². The number of hydrogen-bond donors (Lipinski definition) is 0. The second-order valence-electron chi connectivity index (χ2n) is 11.1. The molecule has 5 aromatic carbocycles. The van der Waals surface area contributed by atoms with E-state index < -0.39 is 0 Å². The van der Waals surface area contributed by atoms with Crippen molar-refractivity contribution in [1.29, 1.82) is 0 Å². The van der Waals surface area contributed by atoms with E-state index in [2.05, 4.69) is 141 Å². The fraction of sp³-hybridized carbons (Fsp3) is 0.143. The summed E-state index contributed by atoms with van der Waals surface area (Å²) in [5.74, 6) is 0. The molecule has 38 heavy (non-hydrogen) atoms. The van der Waals surface area contributed by atoms with E-state index in [4.69, 9.17) is 0 Å². The quantitative estimate of drug-likeness (QED) is 0.235. The Morgan fingerprint density at radius 2 is 0.842 bits per heavy atom. The van der Waals surface area contributed by atoms with Crippen LogP contribution >= 0.6 is 0 Å². The lowest BCUT2D eigenvalue weighted by Crippen LogP contribution is -2.61. The minimum Gasteiger partial charge on any atom is -0.311 e. The van der Waals surface area contributed by atoms with Crippen LogP contribution in [-0.2, 0) is 0 Å². The number of aryl methyl sites for hydroxylation is 5. The van der Waals surface area contributed by atoms with Crippen molar-refractivity contribution in [3.05, 3.63) is 125 Å². The summed E-state index contributed by atoms with van der Waals surface area (Å²) in [6.07, 6.45) is 0. The third-order valence-corrected chi connectivity index (χ3v) is 8.05. The molecule has 2 aliphatic rings. The Morgan fingerprint density at radius 3 is 1.29 bits per heavy atom. The van der Waals surface area contributed by atoms with Crippen LogP contribution in [0.25, 0.3) is 0 Å². The summed E-state index contributed by atoms with van der Waals surface area (Å²) in [4.78, 5) is 4.98. The van der Waals surface area contributed by atoms with E-state index in [0.717, 1.165) is 0 Å². The molecule has 0 saturated heterocycles. The first-order valence-electron chi connectivity index (χ1n) is 13.5. The predicted molar refractivity (Wildman–Crippen MR) is 164 cm³/mol.